The van der Waals surface area contributed by atoms with E-state index in [0.717, 1.165) is 0 Å². The number of hydrogen-bond donors (Lipinski definition) is 3. The van der Waals surface area contributed by atoms with Crippen LogP contribution >= 0.6 is 0 Å². The highest BCUT2D eigenvalue weighted by atomic mass is 16.5. The Kier molecular flexibility index (Phi) is 7.57. The van der Waals surface area contributed by atoms with Crippen LogP contribution in [0.15, 0.2) is 39.7 Å². The zero-order valence-corrected chi connectivity index (χ0v) is 14.5. The molecule has 1 heterocycles. The molecule has 0 aromatic carbocycles. The number of methoxy groups -OCH3 is 1. The maximum atomic E-state index is 12.2. The number of anilines is 1. The van der Waals surface area contributed by atoms with Gasteiger partial charge in [0.25, 0.3) is 11.8 Å². The van der Waals surface area contributed by atoms with E-state index in [0.29, 0.717) is 0 Å². The first-order valence-corrected chi connectivity index (χ1v) is 7.13. The van der Waals surface area contributed by atoms with Crippen molar-refractivity contribution in [3.8, 4) is 0 Å². The van der Waals surface area contributed by atoms with Gasteiger partial charge < -0.3 is 20.7 Å². The second-order valence-electron chi connectivity index (χ2n) is 4.88. The summed E-state index contributed by atoms with van der Waals surface area (Å²) < 4.78 is 4.85. The number of pyridine rings is 1. The van der Waals surface area contributed by atoms with Crippen LogP contribution in [-0.4, -0.2) is 62.5 Å². The molecule has 1 aromatic heterocycles. The van der Waals surface area contributed by atoms with E-state index in [9.17, 15) is 9.59 Å². The van der Waals surface area contributed by atoms with E-state index >= 15 is 0 Å². The molecule has 0 fully saturated rings. The molecular weight excluding hydrogens is 326 g/mol. The van der Waals surface area contributed by atoms with E-state index in [1.807, 2.05) is 0 Å². The van der Waals surface area contributed by atoms with Crippen LogP contribution in [0.4, 0.5) is 5.82 Å². The summed E-state index contributed by atoms with van der Waals surface area (Å²) in [6, 6.07) is 4.59. The molecule has 10 heteroatoms. The Morgan fingerprint density at radius 2 is 2.08 bits per heavy atom. The number of nitrogens with zero attached hydrogens (tertiary/aromatic N) is 4. The number of aliphatic imine (C=N–C) groups is 1. The third-order valence-corrected chi connectivity index (χ3v) is 2.67. The van der Waals surface area contributed by atoms with Crippen molar-refractivity contribution in [3.05, 3.63) is 35.3 Å². The Morgan fingerprint density at radius 3 is 2.68 bits per heavy atom. The molecule has 2 amide bonds. The molecule has 0 spiro atoms. The van der Waals surface area contributed by atoms with Crippen LogP contribution in [-0.2, 0) is 9.53 Å². The molecule has 0 aliphatic carbocycles. The van der Waals surface area contributed by atoms with Crippen LogP contribution < -0.4 is 16.5 Å². The van der Waals surface area contributed by atoms with Crippen molar-refractivity contribution in [2.45, 2.75) is 0 Å². The van der Waals surface area contributed by atoms with Gasteiger partial charge in [-0.15, -0.1) is 0 Å². The maximum absolute atomic E-state index is 12.2. The van der Waals surface area contributed by atoms with Crippen molar-refractivity contribution in [2.75, 3.05) is 33.6 Å². The van der Waals surface area contributed by atoms with Gasteiger partial charge in [-0.25, -0.2) is 10.4 Å². The summed E-state index contributed by atoms with van der Waals surface area (Å²) in [5.41, 5.74) is 8.07. The standard InChI is InChI=1S/C15H21N7O3/c1-17-8-10(13(16)25-4)14(23)20-12-7-5-6-11(19-12)15(24)21-18-9-22(2)3/h5-9H,16H2,1-4H3,(H,21,24)(H,19,20,23)/b13-10?,17-8?,18-9-. The first-order valence-electron chi connectivity index (χ1n) is 7.13. The number of carbonyl (C=O) groups is 2. The number of hydrazone groups is 1. The number of aromatic nitrogens is 1. The van der Waals surface area contributed by atoms with E-state index < -0.39 is 11.8 Å². The van der Waals surface area contributed by atoms with E-state index in [-0.39, 0.29) is 23.0 Å². The zero-order valence-electron chi connectivity index (χ0n) is 14.5. The minimum absolute atomic E-state index is 0.0391. The number of amides is 2. The Labute approximate surface area is 145 Å². The molecule has 0 radical (unpaired) electrons. The lowest BCUT2D eigenvalue weighted by Gasteiger charge is -2.08. The van der Waals surface area contributed by atoms with Gasteiger partial charge in [0.15, 0.2) is 5.88 Å². The highest BCUT2D eigenvalue weighted by Crippen LogP contribution is 2.08. The van der Waals surface area contributed by atoms with Gasteiger partial charge in [0.2, 0.25) is 0 Å². The molecular formula is C15H21N7O3. The molecule has 0 unspecified atom stereocenters. The van der Waals surface area contributed by atoms with Crippen LogP contribution in [0, 0.1) is 0 Å². The fraction of sp³-hybridized carbons (Fsp3) is 0.267. The maximum Gasteiger partial charge on any atom is 0.290 e. The van der Waals surface area contributed by atoms with Crippen molar-refractivity contribution in [1.29, 1.82) is 0 Å². The summed E-state index contributed by atoms with van der Waals surface area (Å²) in [5, 5.41) is 6.27. The molecule has 0 aliphatic heterocycles. The normalized spacial score (nSPS) is 12.0. The highest BCUT2D eigenvalue weighted by molar-refractivity contribution is 6.17. The molecule has 134 valence electrons. The fourth-order valence-corrected chi connectivity index (χ4v) is 1.55. The smallest absolute Gasteiger partial charge is 0.290 e. The predicted molar refractivity (Wildman–Crippen MR) is 95.2 cm³/mol. The van der Waals surface area contributed by atoms with E-state index in [2.05, 4.69) is 25.8 Å². The van der Waals surface area contributed by atoms with Gasteiger partial charge in [0.1, 0.15) is 23.4 Å². The summed E-state index contributed by atoms with van der Waals surface area (Å²) in [7, 11) is 6.36. The van der Waals surface area contributed by atoms with Crippen molar-refractivity contribution in [2.24, 2.45) is 15.8 Å². The molecule has 0 bridgehead atoms. The van der Waals surface area contributed by atoms with Gasteiger partial charge in [-0.3, -0.25) is 14.6 Å². The quantitative estimate of drug-likeness (QED) is 0.205. The van der Waals surface area contributed by atoms with Crippen molar-refractivity contribution < 1.29 is 14.3 Å². The topological polar surface area (TPSA) is 134 Å². The lowest BCUT2D eigenvalue weighted by molar-refractivity contribution is -0.112. The van der Waals surface area contributed by atoms with Gasteiger partial charge in [-0.05, 0) is 12.1 Å². The Morgan fingerprint density at radius 1 is 1.36 bits per heavy atom. The van der Waals surface area contributed by atoms with Gasteiger partial charge in [-0.1, -0.05) is 6.07 Å². The first-order chi connectivity index (χ1) is 11.9. The largest absolute Gasteiger partial charge is 0.482 e. The molecule has 0 atom stereocenters. The third-order valence-electron chi connectivity index (χ3n) is 2.67. The van der Waals surface area contributed by atoms with Gasteiger partial charge >= 0.3 is 0 Å². The lowest BCUT2D eigenvalue weighted by Crippen LogP contribution is -2.23. The SMILES string of the molecule is CN=CC(C(=O)Nc1cccc(C(=O)N/N=C\N(C)C)n1)=C(N)OC. The average molecular weight is 347 g/mol. The molecule has 1 rings (SSSR count). The second-order valence-corrected chi connectivity index (χ2v) is 4.88. The second kappa shape index (κ2) is 9.65. The van der Waals surface area contributed by atoms with E-state index in [1.165, 1.54) is 38.8 Å². The molecule has 1 aromatic rings. The number of carbonyl (C=O) groups excluding carboxylic acids is 2. The fourth-order valence-electron chi connectivity index (χ4n) is 1.55. The van der Waals surface area contributed by atoms with Crippen LogP contribution in [0.2, 0.25) is 0 Å². The van der Waals surface area contributed by atoms with Gasteiger partial charge in [0.05, 0.1) is 7.11 Å². The number of nitrogens with one attached hydrogen (secondary N) is 2. The Bertz CT molecular complexity index is 711. The molecule has 0 saturated heterocycles. The third kappa shape index (κ3) is 6.29. The van der Waals surface area contributed by atoms with Crippen molar-refractivity contribution in [3.63, 3.8) is 0 Å². The van der Waals surface area contributed by atoms with Crippen molar-refractivity contribution in [1.82, 2.24) is 15.3 Å². The number of hydrogen-bond acceptors (Lipinski definition) is 7. The highest BCUT2D eigenvalue weighted by Gasteiger charge is 2.14. The summed E-state index contributed by atoms with van der Waals surface area (Å²) in [5.74, 6) is -1.01. The monoisotopic (exact) mass is 347 g/mol. The minimum Gasteiger partial charge on any atom is -0.482 e. The number of ether oxygens (including phenoxy) is 1. The average Bonchev–Trinajstić information content (AvgIpc) is 2.58. The number of rotatable bonds is 7. The van der Waals surface area contributed by atoms with Gasteiger partial charge in [-0.2, -0.15) is 5.10 Å². The van der Waals surface area contributed by atoms with E-state index in [4.69, 9.17) is 10.5 Å². The van der Waals surface area contributed by atoms with Crippen LogP contribution in [0.25, 0.3) is 0 Å². The first kappa shape index (κ1) is 19.6. The van der Waals surface area contributed by atoms with Crippen LogP contribution in [0.3, 0.4) is 0 Å². The van der Waals surface area contributed by atoms with Gasteiger partial charge in [0, 0.05) is 27.4 Å². The summed E-state index contributed by atoms with van der Waals surface area (Å²) in [6.07, 6.45) is 2.69. The number of nitrogens with two attached hydrogens (primary N) is 1. The van der Waals surface area contributed by atoms with Crippen LogP contribution in [0.1, 0.15) is 10.5 Å². The zero-order chi connectivity index (χ0) is 18.8. The molecule has 0 saturated carbocycles. The summed E-state index contributed by atoms with van der Waals surface area (Å²) >= 11 is 0. The molecule has 10 nitrogen and oxygen atoms in total. The summed E-state index contributed by atoms with van der Waals surface area (Å²) in [4.78, 5) is 33.7. The Balaban J connectivity index is 2.91. The molecule has 0 aliphatic rings. The molecule has 4 N–H and O–H groups in total. The van der Waals surface area contributed by atoms with Crippen molar-refractivity contribution >= 4 is 30.2 Å². The lowest BCUT2D eigenvalue weighted by atomic mass is 10.2. The predicted octanol–water partition coefficient (Wildman–Crippen LogP) is -0.228. The van der Waals surface area contributed by atoms with E-state index in [1.54, 1.807) is 25.1 Å². The summed E-state index contributed by atoms with van der Waals surface area (Å²) in [6.45, 7) is 0. The minimum atomic E-state index is -0.569. The van der Waals surface area contributed by atoms with Crippen LogP contribution in [0.5, 0.6) is 0 Å². The Hall–Kier alpha value is -3.43. The molecule has 25 heavy (non-hydrogen) atoms.